The van der Waals surface area contributed by atoms with Gasteiger partial charge in [0.15, 0.2) is 0 Å². The number of hydrogen-bond acceptors (Lipinski definition) is 3. The van der Waals surface area contributed by atoms with E-state index in [9.17, 15) is 18.0 Å². The van der Waals surface area contributed by atoms with Crippen LogP contribution in [-0.4, -0.2) is 41.0 Å². The van der Waals surface area contributed by atoms with E-state index in [0.717, 1.165) is 12.5 Å². The van der Waals surface area contributed by atoms with Crippen LogP contribution < -0.4 is 5.32 Å². The molecule has 1 atom stereocenters. The molecule has 1 aromatic rings. The molecule has 0 bridgehead atoms. The van der Waals surface area contributed by atoms with Crippen molar-refractivity contribution in [3.8, 4) is 0 Å². The Morgan fingerprint density at radius 2 is 2.13 bits per heavy atom. The number of aromatic nitrogens is 1. The lowest BCUT2D eigenvalue weighted by Gasteiger charge is -2.20. The van der Waals surface area contributed by atoms with E-state index in [1.165, 1.54) is 6.92 Å². The number of alkyl halides is 3. The number of nitrogens with zero attached hydrogens (tertiary/aromatic N) is 2. The predicted octanol–water partition coefficient (Wildman–Crippen LogP) is 3.27. The maximum Gasteiger partial charge on any atom is 0.433 e. The highest BCUT2D eigenvalue weighted by Crippen LogP contribution is 2.32. The lowest BCUT2D eigenvalue weighted by molar-refractivity contribution is -0.141. The zero-order valence-electron chi connectivity index (χ0n) is 13.2. The fourth-order valence-electron chi connectivity index (χ4n) is 2.75. The normalized spacial score (nSPS) is 18.8. The average Bonchev–Trinajstić information content (AvgIpc) is 2.84. The highest BCUT2D eigenvalue weighted by Gasteiger charge is 2.35. The Labute approximate surface area is 138 Å². The third-order valence-corrected chi connectivity index (χ3v) is 3.99. The van der Waals surface area contributed by atoms with E-state index >= 15 is 0 Å². The molecule has 1 aliphatic heterocycles. The van der Waals surface area contributed by atoms with Crippen LogP contribution in [0.15, 0.2) is 6.07 Å². The minimum atomic E-state index is -4.59. The summed E-state index contributed by atoms with van der Waals surface area (Å²) in [6.07, 6.45) is -3.79. The van der Waals surface area contributed by atoms with Crippen LogP contribution in [0.5, 0.6) is 0 Å². The predicted molar refractivity (Wildman–Crippen MR) is 81.6 cm³/mol. The van der Waals surface area contributed by atoms with Crippen LogP contribution in [-0.2, 0) is 6.18 Å². The Balaban J connectivity index is 2.21. The maximum absolute atomic E-state index is 12.7. The van der Waals surface area contributed by atoms with Crippen molar-refractivity contribution < 1.29 is 18.0 Å². The zero-order chi connectivity index (χ0) is 17.4. The number of pyridine rings is 1. The van der Waals surface area contributed by atoms with Crippen molar-refractivity contribution in [2.75, 3.05) is 13.1 Å². The third kappa shape index (κ3) is 4.14. The Morgan fingerprint density at radius 3 is 2.65 bits per heavy atom. The van der Waals surface area contributed by atoms with Gasteiger partial charge in [0, 0.05) is 25.2 Å². The van der Waals surface area contributed by atoms with E-state index in [2.05, 4.69) is 10.3 Å². The SMILES string of the molecule is Cc1cc(C(F)(F)F)nc(Cl)c1C(=O)N1CC[C@H](NC(C)C)C1. The van der Waals surface area contributed by atoms with Crippen molar-refractivity contribution in [2.45, 2.75) is 45.5 Å². The van der Waals surface area contributed by atoms with Gasteiger partial charge in [-0.25, -0.2) is 4.98 Å². The average molecular weight is 350 g/mol. The number of nitrogens with one attached hydrogen (secondary N) is 1. The van der Waals surface area contributed by atoms with Crippen LogP contribution in [0.2, 0.25) is 5.15 Å². The summed E-state index contributed by atoms with van der Waals surface area (Å²) in [5.41, 5.74) is -0.857. The van der Waals surface area contributed by atoms with E-state index in [4.69, 9.17) is 11.6 Å². The van der Waals surface area contributed by atoms with Gasteiger partial charge in [0.2, 0.25) is 0 Å². The van der Waals surface area contributed by atoms with E-state index in [0.29, 0.717) is 19.1 Å². The van der Waals surface area contributed by atoms with Gasteiger partial charge >= 0.3 is 6.18 Å². The highest BCUT2D eigenvalue weighted by molar-refractivity contribution is 6.32. The molecule has 8 heteroatoms. The minimum absolute atomic E-state index is 0.0462. The molecule has 128 valence electrons. The van der Waals surface area contributed by atoms with E-state index in [1.807, 2.05) is 13.8 Å². The molecule has 2 rings (SSSR count). The number of likely N-dealkylation sites (tertiary alicyclic amines) is 1. The molecule has 1 saturated heterocycles. The number of carbonyl (C=O) groups is 1. The Kier molecular flexibility index (Phi) is 5.20. The second-order valence-electron chi connectivity index (χ2n) is 6.05. The summed E-state index contributed by atoms with van der Waals surface area (Å²) in [6.45, 7) is 6.53. The molecule has 0 radical (unpaired) electrons. The number of rotatable bonds is 3. The molecule has 0 spiro atoms. The summed E-state index contributed by atoms with van der Waals surface area (Å²) in [4.78, 5) is 17.5. The van der Waals surface area contributed by atoms with Crippen molar-refractivity contribution in [1.29, 1.82) is 0 Å². The molecule has 1 amide bonds. The van der Waals surface area contributed by atoms with Crippen molar-refractivity contribution in [1.82, 2.24) is 15.2 Å². The fourth-order valence-corrected chi connectivity index (χ4v) is 3.07. The van der Waals surface area contributed by atoms with Crippen LogP contribution >= 0.6 is 11.6 Å². The first-order valence-corrected chi connectivity index (χ1v) is 7.77. The third-order valence-electron chi connectivity index (χ3n) is 3.72. The van der Waals surface area contributed by atoms with Gasteiger partial charge in [-0.15, -0.1) is 0 Å². The quantitative estimate of drug-likeness (QED) is 0.852. The molecular formula is C15H19ClF3N3O. The fraction of sp³-hybridized carbons (Fsp3) is 0.600. The summed E-state index contributed by atoms with van der Waals surface area (Å²) in [7, 11) is 0. The number of carbonyl (C=O) groups excluding carboxylic acids is 1. The van der Waals surface area contributed by atoms with E-state index in [1.54, 1.807) is 4.90 Å². The number of amides is 1. The molecule has 1 N–H and O–H groups in total. The first-order chi connectivity index (χ1) is 10.6. The van der Waals surface area contributed by atoms with Crippen LogP contribution in [0.3, 0.4) is 0 Å². The summed E-state index contributed by atoms with van der Waals surface area (Å²) < 4.78 is 38.2. The molecule has 1 fully saturated rings. The van der Waals surface area contributed by atoms with E-state index in [-0.39, 0.29) is 23.1 Å². The Morgan fingerprint density at radius 1 is 1.48 bits per heavy atom. The van der Waals surface area contributed by atoms with Crippen molar-refractivity contribution in [3.05, 3.63) is 28.0 Å². The summed E-state index contributed by atoms with van der Waals surface area (Å²) >= 11 is 5.86. The molecular weight excluding hydrogens is 331 g/mol. The van der Waals surface area contributed by atoms with Gasteiger partial charge in [-0.3, -0.25) is 4.79 Å². The maximum atomic E-state index is 12.7. The monoisotopic (exact) mass is 349 g/mol. The summed E-state index contributed by atoms with van der Waals surface area (Å²) in [5, 5.41) is 2.94. The van der Waals surface area contributed by atoms with Crippen molar-refractivity contribution >= 4 is 17.5 Å². The molecule has 0 saturated carbocycles. The molecule has 1 aliphatic rings. The van der Waals surface area contributed by atoms with E-state index < -0.39 is 17.0 Å². The molecule has 23 heavy (non-hydrogen) atoms. The number of aryl methyl sites for hydroxylation is 1. The van der Waals surface area contributed by atoms with Gasteiger partial charge in [-0.05, 0) is 25.0 Å². The lowest BCUT2D eigenvalue weighted by Crippen LogP contribution is -2.38. The smallest absolute Gasteiger partial charge is 0.337 e. The first kappa shape index (κ1) is 18.0. The minimum Gasteiger partial charge on any atom is -0.337 e. The van der Waals surface area contributed by atoms with Crippen LogP contribution in [0.4, 0.5) is 13.2 Å². The largest absolute Gasteiger partial charge is 0.433 e. The highest BCUT2D eigenvalue weighted by atomic mass is 35.5. The number of halogens is 4. The first-order valence-electron chi connectivity index (χ1n) is 7.39. The van der Waals surface area contributed by atoms with Gasteiger partial charge in [0.1, 0.15) is 10.8 Å². The Bertz CT molecular complexity index is 581. The molecule has 0 aliphatic carbocycles. The van der Waals surface area contributed by atoms with Gasteiger partial charge in [-0.2, -0.15) is 13.2 Å². The molecule has 4 nitrogen and oxygen atoms in total. The van der Waals surface area contributed by atoms with Crippen LogP contribution in [0.1, 0.15) is 41.9 Å². The summed E-state index contributed by atoms with van der Waals surface area (Å²) in [5.74, 6) is -0.373. The molecule has 0 unspecified atom stereocenters. The standard InChI is InChI=1S/C15H19ClF3N3O/c1-8(2)20-10-4-5-22(7-10)14(23)12-9(3)6-11(15(17,18)19)21-13(12)16/h6,8,10,20H,4-5,7H2,1-3H3/t10-/m0/s1. The second-order valence-corrected chi connectivity index (χ2v) is 6.40. The molecule has 2 heterocycles. The van der Waals surface area contributed by atoms with Crippen LogP contribution in [0, 0.1) is 6.92 Å². The molecule has 0 aromatic carbocycles. The van der Waals surface area contributed by atoms with Crippen LogP contribution in [0.25, 0.3) is 0 Å². The zero-order valence-corrected chi connectivity index (χ0v) is 13.9. The van der Waals surface area contributed by atoms with Gasteiger partial charge in [0.25, 0.3) is 5.91 Å². The molecule has 1 aromatic heterocycles. The second kappa shape index (κ2) is 6.65. The van der Waals surface area contributed by atoms with Crippen molar-refractivity contribution in [2.24, 2.45) is 0 Å². The topological polar surface area (TPSA) is 45.2 Å². The summed E-state index contributed by atoms with van der Waals surface area (Å²) in [6, 6.07) is 1.34. The lowest BCUT2D eigenvalue weighted by atomic mass is 10.1. The van der Waals surface area contributed by atoms with Gasteiger partial charge < -0.3 is 10.2 Å². The van der Waals surface area contributed by atoms with Gasteiger partial charge in [-0.1, -0.05) is 25.4 Å². The van der Waals surface area contributed by atoms with Crippen molar-refractivity contribution in [3.63, 3.8) is 0 Å². The van der Waals surface area contributed by atoms with Gasteiger partial charge in [0.05, 0.1) is 5.56 Å². The Hall–Kier alpha value is -1.34. The number of hydrogen-bond donors (Lipinski definition) is 1.